The standard InChI is InChI=1S/C17H24N4O2/c1-3-14-9-15(19-11(2)18-14)20-16(22)13-5-4-8-21(10-13)17(23)12-6-7-12/h9,12-13H,3-8,10H2,1-2H3,(H,18,19,20,22). The highest BCUT2D eigenvalue weighted by Gasteiger charge is 2.36. The molecule has 3 rings (SSSR count). The van der Waals surface area contributed by atoms with Crippen LogP contribution in [0.25, 0.3) is 0 Å². The minimum Gasteiger partial charge on any atom is -0.342 e. The first-order valence-electron chi connectivity index (χ1n) is 8.51. The van der Waals surface area contributed by atoms with Gasteiger partial charge in [0.05, 0.1) is 5.92 Å². The molecule has 0 bridgehead atoms. The van der Waals surface area contributed by atoms with E-state index < -0.39 is 0 Å². The molecule has 2 amide bonds. The smallest absolute Gasteiger partial charge is 0.230 e. The summed E-state index contributed by atoms with van der Waals surface area (Å²) < 4.78 is 0. The summed E-state index contributed by atoms with van der Waals surface area (Å²) in [5.41, 5.74) is 0.919. The van der Waals surface area contributed by atoms with E-state index in [1.165, 1.54) is 0 Å². The summed E-state index contributed by atoms with van der Waals surface area (Å²) in [5, 5.41) is 2.90. The number of carbonyl (C=O) groups excluding carboxylic acids is 2. The summed E-state index contributed by atoms with van der Waals surface area (Å²) in [5.74, 6) is 1.48. The van der Waals surface area contributed by atoms with Gasteiger partial charge in [-0.15, -0.1) is 0 Å². The summed E-state index contributed by atoms with van der Waals surface area (Å²) in [6.45, 7) is 5.17. The lowest BCUT2D eigenvalue weighted by atomic mass is 9.96. The van der Waals surface area contributed by atoms with Crippen LogP contribution >= 0.6 is 0 Å². The van der Waals surface area contributed by atoms with E-state index in [4.69, 9.17) is 0 Å². The Morgan fingerprint density at radius 2 is 2.04 bits per heavy atom. The number of aromatic nitrogens is 2. The van der Waals surface area contributed by atoms with Crippen molar-refractivity contribution < 1.29 is 9.59 Å². The van der Waals surface area contributed by atoms with Crippen LogP contribution in [0.15, 0.2) is 6.07 Å². The van der Waals surface area contributed by atoms with E-state index in [1.807, 2.05) is 24.8 Å². The second-order valence-electron chi connectivity index (χ2n) is 6.53. The van der Waals surface area contributed by atoms with Crippen LogP contribution in [0.1, 0.15) is 44.1 Å². The number of hydrogen-bond donors (Lipinski definition) is 1. The third kappa shape index (κ3) is 3.86. The fourth-order valence-corrected chi connectivity index (χ4v) is 3.08. The Morgan fingerprint density at radius 3 is 2.74 bits per heavy atom. The summed E-state index contributed by atoms with van der Waals surface area (Å²) in [4.78, 5) is 35.2. The van der Waals surface area contributed by atoms with Crippen molar-refractivity contribution in [3.05, 3.63) is 17.6 Å². The number of aryl methyl sites for hydroxylation is 2. The zero-order valence-corrected chi connectivity index (χ0v) is 13.8. The molecule has 124 valence electrons. The second-order valence-corrected chi connectivity index (χ2v) is 6.53. The molecule has 2 heterocycles. The van der Waals surface area contributed by atoms with Crippen LogP contribution in [-0.4, -0.2) is 39.8 Å². The van der Waals surface area contributed by atoms with Gasteiger partial charge < -0.3 is 10.2 Å². The van der Waals surface area contributed by atoms with E-state index in [1.54, 1.807) is 0 Å². The van der Waals surface area contributed by atoms with Gasteiger partial charge in [0.2, 0.25) is 11.8 Å². The normalized spacial score (nSPS) is 21.1. The van der Waals surface area contributed by atoms with Crippen LogP contribution in [0.4, 0.5) is 5.82 Å². The summed E-state index contributed by atoms with van der Waals surface area (Å²) in [6.07, 6.45) is 4.53. The Kier molecular flexibility index (Phi) is 4.59. The van der Waals surface area contributed by atoms with Crippen LogP contribution in [0, 0.1) is 18.8 Å². The highest BCUT2D eigenvalue weighted by molar-refractivity contribution is 5.92. The Labute approximate surface area is 136 Å². The van der Waals surface area contributed by atoms with Gasteiger partial charge in [-0.05, 0) is 39.0 Å². The summed E-state index contributed by atoms with van der Waals surface area (Å²) in [7, 11) is 0. The van der Waals surface area contributed by atoms with Crippen molar-refractivity contribution in [2.24, 2.45) is 11.8 Å². The molecular formula is C17H24N4O2. The zero-order valence-electron chi connectivity index (χ0n) is 13.8. The predicted molar refractivity (Wildman–Crippen MR) is 86.8 cm³/mol. The van der Waals surface area contributed by atoms with Crippen molar-refractivity contribution in [3.8, 4) is 0 Å². The first kappa shape index (κ1) is 15.9. The quantitative estimate of drug-likeness (QED) is 0.921. The molecule has 1 aromatic heterocycles. The Hall–Kier alpha value is -1.98. The van der Waals surface area contributed by atoms with E-state index >= 15 is 0 Å². The molecule has 1 aliphatic carbocycles. The Morgan fingerprint density at radius 1 is 1.26 bits per heavy atom. The molecule has 0 spiro atoms. The van der Waals surface area contributed by atoms with Gasteiger partial charge in [-0.1, -0.05) is 6.92 Å². The maximum Gasteiger partial charge on any atom is 0.230 e. The Balaban J connectivity index is 1.63. The zero-order chi connectivity index (χ0) is 16.4. The third-order valence-corrected chi connectivity index (χ3v) is 4.53. The third-order valence-electron chi connectivity index (χ3n) is 4.53. The summed E-state index contributed by atoms with van der Waals surface area (Å²) in [6, 6.07) is 1.82. The van der Waals surface area contributed by atoms with E-state index in [-0.39, 0.29) is 23.7 Å². The number of likely N-dealkylation sites (tertiary alicyclic amines) is 1. The number of nitrogens with zero attached hydrogens (tertiary/aromatic N) is 3. The highest BCUT2D eigenvalue weighted by Crippen LogP contribution is 2.32. The number of rotatable bonds is 4. The molecule has 1 N–H and O–H groups in total. The van der Waals surface area contributed by atoms with Gasteiger partial charge in [-0.3, -0.25) is 9.59 Å². The average Bonchev–Trinajstić information content (AvgIpc) is 3.38. The van der Waals surface area contributed by atoms with Crippen molar-refractivity contribution in [1.29, 1.82) is 0 Å². The van der Waals surface area contributed by atoms with E-state index in [2.05, 4.69) is 15.3 Å². The SMILES string of the molecule is CCc1cc(NC(=O)C2CCCN(C(=O)C3CC3)C2)nc(C)n1. The number of hydrogen-bond acceptors (Lipinski definition) is 4. The lowest BCUT2D eigenvalue weighted by Crippen LogP contribution is -2.44. The molecule has 1 atom stereocenters. The molecular weight excluding hydrogens is 292 g/mol. The Bertz CT molecular complexity index is 613. The average molecular weight is 316 g/mol. The molecule has 6 nitrogen and oxygen atoms in total. The lowest BCUT2D eigenvalue weighted by Gasteiger charge is -2.32. The number of nitrogens with one attached hydrogen (secondary N) is 1. The largest absolute Gasteiger partial charge is 0.342 e. The number of piperidine rings is 1. The topological polar surface area (TPSA) is 75.2 Å². The molecule has 0 radical (unpaired) electrons. The van der Waals surface area contributed by atoms with Gasteiger partial charge in [0.1, 0.15) is 11.6 Å². The molecule has 1 aromatic rings. The molecule has 6 heteroatoms. The van der Waals surface area contributed by atoms with Crippen molar-refractivity contribution in [3.63, 3.8) is 0 Å². The fraction of sp³-hybridized carbons (Fsp3) is 0.647. The number of anilines is 1. The van der Waals surface area contributed by atoms with Crippen molar-refractivity contribution >= 4 is 17.6 Å². The second kappa shape index (κ2) is 6.64. The van der Waals surface area contributed by atoms with Gasteiger partial charge in [-0.25, -0.2) is 9.97 Å². The summed E-state index contributed by atoms with van der Waals surface area (Å²) >= 11 is 0. The molecule has 2 aliphatic rings. The van der Waals surface area contributed by atoms with Crippen LogP contribution in [-0.2, 0) is 16.0 Å². The van der Waals surface area contributed by atoms with Crippen LogP contribution in [0.5, 0.6) is 0 Å². The maximum absolute atomic E-state index is 12.5. The highest BCUT2D eigenvalue weighted by atomic mass is 16.2. The molecule has 2 fully saturated rings. The van der Waals surface area contributed by atoms with Gasteiger partial charge >= 0.3 is 0 Å². The first-order valence-corrected chi connectivity index (χ1v) is 8.51. The maximum atomic E-state index is 12.5. The van der Waals surface area contributed by atoms with E-state index in [9.17, 15) is 9.59 Å². The minimum absolute atomic E-state index is 0.0431. The number of carbonyl (C=O) groups is 2. The molecule has 1 saturated heterocycles. The molecule has 23 heavy (non-hydrogen) atoms. The van der Waals surface area contributed by atoms with Crippen molar-refractivity contribution in [2.45, 2.75) is 46.0 Å². The number of amides is 2. The van der Waals surface area contributed by atoms with E-state index in [0.29, 0.717) is 18.2 Å². The van der Waals surface area contributed by atoms with Gasteiger partial charge in [-0.2, -0.15) is 0 Å². The fourth-order valence-electron chi connectivity index (χ4n) is 3.08. The van der Waals surface area contributed by atoms with Crippen molar-refractivity contribution in [2.75, 3.05) is 18.4 Å². The van der Waals surface area contributed by atoms with Gasteiger partial charge in [0.25, 0.3) is 0 Å². The molecule has 1 aliphatic heterocycles. The lowest BCUT2D eigenvalue weighted by molar-refractivity contribution is -0.135. The van der Waals surface area contributed by atoms with Gasteiger partial charge in [0, 0.05) is 30.8 Å². The van der Waals surface area contributed by atoms with Crippen LogP contribution in [0.3, 0.4) is 0 Å². The van der Waals surface area contributed by atoms with Gasteiger partial charge in [0.15, 0.2) is 0 Å². The monoisotopic (exact) mass is 316 g/mol. The predicted octanol–water partition coefficient (Wildman–Crippen LogP) is 1.93. The molecule has 1 unspecified atom stereocenters. The first-order chi connectivity index (χ1) is 11.1. The minimum atomic E-state index is -0.146. The van der Waals surface area contributed by atoms with Crippen LogP contribution in [0.2, 0.25) is 0 Å². The van der Waals surface area contributed by atoms with Crippen molar-refractivity contribution in [1.82, 2.24) is 14.9 Å². The van der Waals surface area contributed by atoms with E-state index in [0.717, 1.165) is 44.3 Å². The van der Waals surface area contributed by atoms with Crippen LogP contribution < -0.4 is 5.32 Å². The molecule has 0 aromatic carbocycles. The molecule has 1 saturated carbocycles.